The molecule has 2 heterocycles. The lowest BCUT2D eigenvalue weighted by Gasteiger charge is -2.34. The Morgan fingerprint density at radius 1 is 0.391 bits per heavy atom. The summed E-state index contributed by atoms with van der Waals surface area (Å²) in [6.07, 6.45) is 0.827. The molecule has 11 aromatic carbocycles. The Hall–Kier alpha value is -8.27. The average molecular weight is 816 g/mol. The molecule has 64 heavy (non-hydrogen) atoms. The third kappa shape index (κ3) is 5.57. The summed E-state index contributed by atoms with van der Waals surface area (Å²) in [5.74, 6) is 1.06. The molecule has 13 rings (SSSR count). The van der Waals surface area contributed by atoms with Crippen molar-refractivity contribution in [3.8, 4) is 50.2 Å². The van der Waals surface area contributed by atoms with E-state index in [1.165, 1.54) is 87.6 Å². The minimum absolute atomic E-state index is 0.827. The van der Waals surface area contributed by atoms with Gasteiger partial charge in [0.25, 0.3) is 0 Å². The fourth-order valence-electron chi connectivity index (χ4n) is 10.5. The number of hydrogen-bond acceptors (Lipinski definition) is 2. The number of aryl methyl sites for hydroxylation is 1. The Morgan fingerprint density at radius 2 is 0.938 bits per heavy atom. The number of imidazole rings is 1. The topological polar surface area (TPSA) is 21.1 Å². The molecule has 0 fully saturated rings. The SMILES string of the molecule is CCc1nc2cccc3c2n1-c1c(-c2ccc(-c4ccc5c(-c6ccc7ccccc7c6)c6ccccc6c(-c6ccc7ccccc7c6)c5c4)cc2)cccc1N3c1ccccc1. The summed E-state index contributed by atoms with van der Waals surface area (Å²) >= 11 is 0. The molecule has 1 aliphatic rings. The van der Waals surface area contributed by atoms with Crippen LogP contribution in [0.1, 0.15) is 12.7 Å². The monoisotopic (exact) mass is 815 g/mol. The summed E-state index contributed by atoms with van der Waals surface area (Å²) in [5.41, 5.74) is 16.4. The molecule has 0 amide bonds. The maximum absolute atomic E-state index is 5.18. The van der Waals surface area contributed by atoms with Crippen LogP contribution in [0, 0.1) is 0 Å². The van der Waals surface area contributed by atoms with Gasteiger partial charge in [-0.05, 0) is 131 Å². The van der Waals surface area contributed by atoms with Gasteiger partial charge in [-0.2, -0.15) is 0 Å². The molecule has 300 valence electrons. The largest absolute Gasteiger partial charge is 0.306 e. The number of rotatable bonds is 6. The molecule has 0 radical (unpaired) electrons. The number of nitrogens with zero attached hydrogens (tertiary/aromatic N) is 3. The molecule has 0 spiro atoms. The minimum Gasteiger partial charge on any atom is -0.306 e. The Bertz CT molecular complexity index is 3820. The van der Waals surface area contributed by atoms with E-state index in [2.05, 4.69) is 235 Å². The predicted octanol–water partition coefficient (Wildman–Crippen LogP) is 16.7. The minimum atomic E-state index is 0.827. The highest BCUT2D eigenvalue weighted by molar-refractivity contribution is 6.22. The predicted molar refractivity (Wildman–Crippen MR) is 270 cm³/mol. The van der Waals surface area contributed by atoms with Crippen LogP contribution in [0.3, 0.4) is 0 Å². The second-order valence-electron chi connectivity index (χ2n) is 17.0. The maximum Gasteiger partial charge on any atom is 0.114 e. The summed E-state index contributed by atoms with van der Waals surface area (Å²) in [6, 6.07) is 80.4. The summed E-state index contributed by atoms with van der Waals surface area (Å²) in [4.78, 5) is 7.58. The molecule has 1 aliphatic heterocycles. The first-order valence-corrected chi connectivity index (χ1v) is 22.3. The number of anilines is 3. The molecular weight excluding hydrogens is 775 g/mol. The standard InChI is InChI=1S/C61H41N3/c1-2-57-62-54-23-13-25-56-61(54)64(57)60-49(22-12-24-55(60)63(56)48-18-4-3-5-19-48)42-30-26-41(27-31-42)45-34-35-52-53(38-45)59(47-33-29-40-15-7-9-17-44(40)37-47)51-21-11-10-20-50(51)58(52)46-32-28-39-14-6-8-16-43(39)36-46/h3-38H,2H2,1H3. The van der Waals surface area contributed by atoms with Crippen molar-refractivity contribution >= 4 is 71.2 Å². The first kappa shape index (κ1) is 36.4. The van der Waals surface area contributed by atoms with Crippen LogP contribution in [0.25, 0.3) is 104 Å². The van der Waals surface area contributed by atoms with E-state index in [-0.39, 0.29) is 0 Å². The van der Waals surface area contributed by atoms with Crippen LogP contribution in [0.5, 0.6) is 0 Å². The van der Waals surface area contributed by atoms with E-state index in [0.29, 0.717) is 0 Å². The quantitative estimate of drug-likeness (QED) is 0.156. The highest BCUT2D eigenvalue weighted by Crippen LogP contribution is 2.51. The van der Waals surface area contributed by atoms with Gasteiger partial charge in [0.15, 0.2) is 0 Å². The van der Waals surface area contributed by atoms with Crippen molar-refractivity contribution in [1.29, 1.82) is 0 Å². The fourth-order valence-corrected chi connectivity index (χ4v) is 10.5. The molecule has 0 aliphatic carbocycles. The molecule has 0 N–H and O–H groups in total. The van der Waals surface area contributed by atoms with Crippen molar-refractivity contribution in [3.63, 3.8) is 0 Å². The van der Waals surface area contributed by atoms with Gasteiger partial charge in [-0.3, -0.25) is 4.57 Å². The third-order valence-electron chi connectivity index (χ3n) is 13.4. The van der Waals surface area contributed by atoms with E-state index in [9.17, 15) is 0 Å². The van der Waals surface area contributed by atoms with Crippen LogP contribution < -0.4 is 4.90 Å². The van der Waals surface area contributed by atoms with Gasteiger partial charge in [0, 0.05) is 17.7 Å². The lowest BCUT2D eigenvalue weighted by atomic mass is 9.84. The van der Waals surface area contributed by atoms with Gasteiger partial charge in [0.05, 0.1) is 28.1 Å². The van der Waals surface area contributed by atoms with Crippen molar-refractivity contribution in [3.05, 3.63) is 224 Å². The van der Waals surface area contributed by atoms with Gasteiger partial charge < -0.3 is 4.90 Å². The van der Waals surface area contributed by atoms with Crippen LogP contribution in [0.15, 0.2) is 218 Å². The second kappa shape index (κ2) is 14.4. The average Bonchev–Trinajstić information content (AvgIpc) is 3.75. The van der Waals surface area contributed by atoms with Crippen molar-refractivity contribution < 1.29 is 0 Å². The molecule has 0 atom stereocenters. The smallest absolute Gasteiger partial charge is 0.114 e. The highest BCUT2D eigenvalue weighted by atomic mass is 15.2. The van der Waals surface area contributed by atoms with Crippen molar-refractivity contribution in [2.24, 2.45) is 0 Å². The number of fused-ring (bicyclic) bond motifs is 6. The zero-order valence-electron chi connectivity index (χ0n) is 35.3. The number of aromatic nitrogens is 2. The van der Waals surface area contributed by atoms with Gasteiger partial charge in [-0.25, -0.2) is 4.98 Å². The third-order valence-corrected chi connectivity index (χ3v) is 13.4. The number of hydrogen-bond donors (Lipinski definition) is 0. The van der Waals surface area contributed by atoms with Crippen LogP contribution in [-0.2, 0) is 6.42 Å². The lowest BCUT2D eigenvalue weighted by Crippen LogP contribution is -2.19. The zero-order chi connectivity index (χ0) is 42.3. The Morgan fingerprint density at radius 3 is 1.62 bits per heavy atom. The highest BCUT2D eigenvalue weighted by Gasteiger charge is 2.30. The Kier molecular flexibility index (Phi) is 8.19. The van der Waals surface area contributed by atoms with E-state index >= 15 is 0 Å². The van der Waals surface area contributed by atoms with E-state index in [1.54, 1.807) is 0 Å². The van der Waals surface area contributed by atoms with Crippen molar-refractivity contribution in [1.82, 2.24) is 9.55 Å². The van der Waals surface area contributed by atoms with Gasteiger partial charge in [-0.1, -0.05) is 177 Å². The van der Waals surface area contributed by atoms with Gasteiger partial charge in [0.1, 0.15) is 5.82 Å². The van der Waals surface area contributed by atoms with Gasteiger partial charge in [0.2, 0.25) is 0 Å². The summed E-state index contributed by atoms with van der Waals surface area (Å²) in [7, 11) is 0. The molecular formula is C61H41N3. The summed E-state index contributed by atoms with van der Waals surface area (Å²) in [6.45, 7) is 2.20. The Balaban J connectivity index is 1.00. The second-order valence-corrected chi connectivity index (χ2v) is 17.0. The molecule has 0 saturated heterocycles. The molecule has 0 saturated carbocycles. The van der Waals surface area contributed by atoms with Gasteiger partial charge in [-0.15, -0.1) is 0 Å². The molecule has 3 nitrogen and oxygen atoms in total. The van der Waals surface area contributed by atoms with E-state index in [4.69, 9.17) is 4.98 Å². The van der Waals surface area contributed by atoms with Crippen LogP contribution >= 0.6 is 0 Å². The van der Waals surface area contributed by atoms with Crippen molar-refractivity contribution in [2.75, 3.05) is 4.90 Å². The fraction of sp³-hybridized carbons (Fsp3) is 0.0328. The molecule has 1 aromatic heterocycles. The summed E-state index contributed by atoms with van der Waals surface area (Å²) in [5, 5.41) is 9.97. The maximum atomic E-state index is 5.18. The first-order chi connectivity index (χ1) is 31.7. The lowest BCUT2D eigenvalue weighted by molar-refractivity contribution is 0.901. The van der Waals surface area contributed by atoms with Crippen molar-refractivity contribution in [2.45, 2.75) is 13.3 Å². The number of para-hydroxylation sites is 3. The van der Waals surface area contributed by atoms with Crippen LogP contribution in [0.4, 0.5) is 17.1 Å². The number of benzene rings is 11. The van der Waals surface area contributed by atoms with E-state index in [1.807, 2.05) is 0 Å². The van der Waals surface area contributed by atoms with Crippen LogP contribution in [0.2, 0.25) is 0 Å². The molecule has 12 aromatic rings. The molecule has 0 unspecified atom stereocenters. The zero-order valence-corrected chi connectivity index (χ0v) is 35.3. The summed E-state index contributed by atoms with van der Waals surface area (Å²) < 4.78 is 2.41. The van der Waals surface area contributed by atoms with E-state index < -0.39 is 0 Å². The molecule has 0 bridgehead atoms. The van der Waals surface area contributed by atoms with E-state index in [0.717, 1.165) is 46.0 Å². The van der Waals surface area contributed by atoms with Crippen LogP contribution in [-0.4, -0.2) is 9.55 Å². The first-order valence-electron chi connectivity index (χ1n) is 22.3. The normalized spacial score (nSPS) is 12.2. The van der Waals surface area contributed by atoms with Gasteiger partial charge >= 0.3 is 0 Å². The molecule has 3 heteroatoms. The Labute approximate surface area is 371 Å².